The van der Waals surface area contributed by atoms with Crippen molar-refractivity contribution >= 4 is 22.9 Å². The normalized spacial score (nSPS) is 18.0. The lowest BCUT2D eigenvalue weighted by atomic mass is 10.2. The maximum atomic E-state index is 5.81. The molecule has 0 N–H and O–H groups in total. The molecule has 0 aromatic carbocycles. The van der Waals surface area contributed by atoms with Crippen molar-refractivity contribution in [2.75, 3.05) is 6.54 Å². The summed E-state index contributed by atoms with van der Waals surface area (Å²) in [5, 5.41) is 3.33. The van der Waals surface area contributed by atoms with Gasteiger partial charge in [-0.2, -0.15) is 0 Å². The summed E-state index contributed by atoms with van der Waals surface area (Å²) >= 11 is 7.57. The van der Waals surface area contributed by atoms with Crippen molar-refractivity contribution in [2.24, 2.45) is 0 Å². The SMILES string of the molecule is CCC(c1nc(CCl)cs1)N(CC)C1CC1. The average Bonchev–Trinajstić information content (AvgIpc) is 3.03. The zero-order chi connectivity index (χ0) is 11.5. The molecule has 1 aliphatic rings. The van der Waals surface area contributed by atoms with Gasteiger partial charge in [0.2, 0.25) is 0 Å². The van der Waals surface area contributed by atoms with Crippen molar-refractivity contribution in [3.63, 3.8) is 0 Å². The molecule has 0 aliphatic heterocycles. The van der Waals surface area contributed by atoms with Crippen molar-refractivity contribution < 1.29 is 0 Å². The number of rotatable bonds is 6. The highest BCUT2D eigenvalue weighted by molar-refractivity contribution is 7.09. The summed E-state index contributed by atoms with van der Waals surface area (Å²) in [6.45, 7) is 5.62. The molecule has 1 aromatic rings. The zero-order valence-corrected chi connectivity index (χ0v) is 11.5. The molecule has 1 saturated carbocycles. The molecule has 16 heavy (non-hydrogen) atoms. The first-order valence-corrected chi connectivity index (χ1v) is 7.47. The lowest BCUT2D eigenvalue weighted by Gasteiger charge is -2.28. The molecule has 1 heterocycles. The summed E-state index contributed by atoms with van der Waals surface area (Å²) < 4.78 is 0. The molecule has 0 radical (unpaired) electrons. The van der Waals surface area contributed by atoms with Gasteiger partial charge >= 0.3 is 0 Å². The van der Waals surface area contributed by atoms with Crippen LogP contribution in [0.15, 0.2) is 5.38 Å². The lowest BCUT2D eigenvalue weighted by molar-refractivity contribution is 0.191. The highest BCUT2D eigenvalue weighted by Gasteiger charge is 2.33. The Bertz CT molecular complexity index is 336. The van der Waals surface area contributed by atoms with E-state index < -0.39 is 0 Å². The number of alkyl halides is 1. The van der Waals surface area contributed by atoms with Crippen LogP contribution in [0.25, 0.3) is 0 Å². The molecule has 1 aliphatic carbocycles. The van der Waals surface area contributed by atoms with Gasteiger partial charge in [-0.05, 0) is 25.8 Å². The fourth-order valence-corrected chi connectivity index (χ4v) is 3.48. The number of halogens is 1. The lowest BCUT2D eigenvalue weighted by Crippen LogP contribution is -2.30. The third kappa shape index (κ3) is 2.58. The Kier molecular flexibility index (Phi) is 4.22. The van der Waals surface area contributed by atoms with E-state index in [0.29, 0.717) is 11.9 Å². The minimum absolute atomic E-state index is 0.500. The zero-order valence-electron chi connectivity index (χ0n) is 9.95. The molecule has 90 valence electrons. The first-order chi connectivity index (χ1) is 7.80. The quantitative estimate of drug-likeness (QED) is 0.722. The smallest absolute Gasteiger partial charge is 0.110 e. The number of nitrogens with zero attached hydrogens (tertiary/aromatic N) is 2. The molecule has 1 aromatic heterocycles. The fourth-order valence-electron chi connectivity index (χ4n) is 2.23. The molecule has 1 fully saturated rings. The largest absolute Gasteiger partial charge is 0.291 e. The Hall–Kier alpha value is -0.120. The number of hydrogen-bond donors (Lipinski definition) is 0. The standard InChI is InChI=1S/C12H19ClN2S/c1-3-11(15(4-2)10-5-6-10)12-14-9(7-13)8-16-12/h8,10-11H,3-7H2,1-2H3. The van der Waals surface area contributed by atoms with E-state index in [-0.39, 0.29) is 0 Å². The molecule has 4 heteroatoms. The van der Waals surface area contributed by atoms with E-state index in [2.05, 4.69) is 29.1 Å². The van der Waals surface area contributed by atoms with Gasteiger partial charge < -0.3 is 0 Å². The molecule has 1 atom stereocenters. The molecular formula is C12H19ClN2S. The van der Waals surface area contributed by atoms with E-state index >= 15 is 0 Å². The average molecular weight is 259 g/mol. The van der Waals surface area contributed by atoms with Crippen LogP contribution in [0, 0.1) is 0 Å². The van der Waals surface area contributed by atoms with Crippen molar-refractivity contribution in [3.8, 4) is 0 Å². The highest BCUT2D eigenvalue weighted by Crippen LogP contribution is 2.36. The van der Waals surface area contributed by atoms with Gasteiger partial charge in [0.1, 0.15) is 5.01 Å². The minimum atomic E-state index is 0.500. The third-order valence-electron chi connectivity index (χ3n) is 3.16. The van der Waals surface area contributed by atoms with E-state index in [0.717, 1.165) is 24.7 Å². The van der Waals surface area contributed by atoms with Crippen LogP contribution in [0.1, 0.15) is 49.9 Å². The molecule has 0 bridgehead atoms. The van der Waals surface area contributed by atoms with Gasteiger partial charge in [0.15, 0.2) is 0 Å². The van der Waals surface area contributed by atoms with Gasteiger partial charge in [-0.25, -0.2) is 4.98 Å². The maximum absolute atomic E-state index is 5.81. The summed E-state index contributed by atoms with van der Waals surface area (Å²) in [4.78, 5) is 7.22. The summed E-state index contributed by atoms with van der Waals surface area (Å²) in [7, 11) is 0. The Balaban J connectivity index is 2.13. The fraction of sp³-hybridized carbons (Fsp3) is 0.750. The topological polar surface area (TPSA) is 16.1 Å². The summed E-state index contributed by atoms with van der Waals surface area (Å²) in [5.41, 5.74) is 1.02. The van der Waals surface area contributed by atoms with Crippen LogP contribution in [0.3, 0.4) is 0 Å². The van der Waals surface area contributed by atoms with Gasteiger partial charge in [0, 0.05) is 11.4 Å². The van der Waals surface area contributed by atoms with Crippen LogP contribution < -0.4 is 0 Å². The maximum Gasteiger partial charge on any atom is 0.110 e. The summed E-state index contributed by atoms with van der Waals surface area (Å²) in [6, 6.07) is 1.30. The first kappa shape index (κ1) is 12.3. The molecule has 0 saturated heterocycles. The Morgan fingerprint density at radius 2 is 2.31 bits per heavy atom. The predicted octanol–water partition coefficient (Wildman–Crippen LogP) is 3.82. The van der Waals surface area contributed by atoms with E-state index in [1.54, 1.807) is 11.3 Å². The van der Waals surface area contributed by atoms with Crippen LogP contribution >= 0.6 is 22.9 Å². The second-order valence-corrected chi connectivity index (χ2v) is 5.45. The Morgan fingerprint density at radius 3 is 2.75 bits per heavy atom. The predicted molar refractivity (Wildman–Crippen MR) is 70.1 cm³/mol. The second-order valence-electron chi connectivity index (χ2n) is 4.30. The minimum Gasteiger partial charge on any atom is -0.291 e. The number of hydrogen-bond acceptors (Lipinski definition) is 3. The monoisotopic (exact) mass is 258 g/mol. The van der Waals surface area contributed by atoms with Crippen LogP contribution in [0.2, 0.25) is 0 Å². The second kappa shape index (κ2) is 5.48. The van der Waals surface area contributed by atoms with Gasteiger partial charge in [-0.15, -0.1) is 22.9 Å². The molecular weight excluding hydrogens is 240 g/mol. The van der Waals surface area contributed by atoms with E-state index in [1.165, 1.54) is 17.8 Å². The third-order valence-corrected chi connectivity index (χ3v) is 4.43. The van der Waals surface area contributed by atoms with E-state index in [4.69, 9.17) is 11.6 Å². The molecule has 0 spiro atoms. The van der Waals surface area contributed by atoms with Gasteiger partial charge in [0.25, 0.3) is 0 Å². The first-order valence-electron chi connectivity index (χ1n) is 6.06. The van der Waals surface area contributed by atoms with Crippen LogP contribution in [-0.4, -0.2) is 22.5 Å². The molecule has 2 rings (SSSR count). The molecule has 0 amide bonds. The van der Waals surface area contributed by atoms with E-state index in [1.807, 2.05) is 0 Å². The Morgan fingerprint density at radius 1 is 1.56 bits per heavy atom. The van der Waals surface area contributed by atoms with Gasteiger partial charge in [-0.3, -0.25) is 4.90 Å². The van der Waals surface area contributed by atoms with Gasteiger partial charge in [0.05, 0.1) is 17.6 Å². The van der Waals surface area contributed by atoms with Gasteiger partial charge in [-0.1, -0.05) is 13.8 Å². The highest BCUT2D eigenvalue weighted by atomic mass is 35.5. The van der Waals surface area contributed by atoms with Crippen molar-refractivity contribution in [2.45, 2.75) is 51.1 Å². The molecule has 2 nitrogen and oxygen atoms in total. The Labute approximate surface area is 107 Å². The van der Waals surface area contributed by atoms with Crippen molar-refractivity contribution in [1.82, 2.24) is 9.88 Å². The van der Waals surface area contributed by atoms with Crippen LogP contribution in [-0.2, 0) is 5.88 Å². The number of aromatic nitrogens is 1. The number of thiazole rings is 1. The van der Waals surface area contributed by atoms with Crippen LogP contribution in [0.5, 0.6) is 0 Å². The van der Waals surface area contributed by atoms with Crippen molar-refractivity contribution in [3.05, 3.63) is 16.1 Å². The molecule has 1 unspecified atom stereocenters. The van der Waals surface area contributed by atoms with Crippen molar-refractivity contribution in [1.29, 1.82) is 0 Å². The summed E-state index contributed by atoms with van der Waals surface area (Å²) in [5.74, 6) is 0.530. The van der Waals surface area contributed by atoms with Crippen LogP contribution in [0.4, 0.5) is 0 Å². The van der Waals surface area contributed by atoms with E-state index in [9.17, 15) is 0 Å². The summed E-state index contributed by atoms with van der Waals surface area (Å²) in [6.07, 6.45) is 3.86.